The van der Waals surface area contributed by atoms with Crippen molar-refractivity contribution in [1.82, 2.24) is 10.6 Å². The largest absolute Gasteiger partial charge is 0.493 e. The highest BCUT2D eigenvalue weighted by Crippen LogP contribution is 2.28. The molecule has 0 aromatic heterocycles. The maximum atomic E-state index is 12.3. The molecule has 0 bridgehead atoms. The first-order chi connectivity index (χ1) is 16.7. The Morgan fingerprint density at radius 2 is 1.06 bits per heavy atom. The molecule has 0 saturated heterocycles. The van der Waals surface area contributed by atoms with E-state index in [4.69, 9.17) is 18.9 Å². The van der Waals surface area contributed by atoms with Gasteiger partial charge in [-0.3, -0.25) is 9.59 Å². The fourth-order valence-electron chi connectivity index (χ4n) is 3.09. The Bertz CT molecular complexity index is 992. The lowest BCUT2D eigenvalue weighted by atomic mass is 9.93. The summed E-state index contributed by atoms with van der Waals surface area (Å²) in [5.74, 6) is 1.97. The maximum Gasteiger partial charge on any atom is 0.244 e. The van der Waals surface area contributed by atoms with Gasteiger partial charge in [0.25, 0.3) is 0 Å². The molecule has 8 heteroatoms. The van der Waals surface area contributed by atoms with Crippen molar-refractivity contribution in [3.63, 3.8) is 0 Å². The van der Waals surface area contributed by atoms with Crippen LogP contribution in [0.25, 0.3) is 12.2 Å². The zero-order valence-electron chi connectivity index (χ0n) is 21.1. The van der Waals surface area contributed by atoms with Gasteiger partial charge >= 0.3 is 0 Å². The summed E-state index contributed by atoms with van der Waals surface area (Å²) in [6.45, 7) is 4.71. The molecule has 0 saturated carbocycles. The van der Waals surface area contributed by atoms with Crippen LogP contribution in [0.15, 0.2) is 48.6 Å². The molecule has 2 aromatic rings. The topological polar surface area (TPSA) is 95.1 Å². The molecular formula is C27H34N2O6. The number of rotatable bonds is 12. The normalized spacial score (nSPS) is 11.4. The number of carbonyl (C=O) groups excluding carboxylic acids is 2. The molecule has 2 amide bonds. The monoisotopic (exact) mass is 482 g/mol. The standard InChI is InChI=1S/C27H34N2O6/c1-27(2,17-28-25(30)13-9-19-7-11-21(32-3)23(15-19)34-5)18-29-26(31)14-10-20-8-12-22(33-4)24(16-20)35-6/h7-16H,17-18H2,1-6H3,(H,28,30)(H,29,31). The number of methoxy groups -OCH3 is 4. The predicted molar refractivity (Wildman–Crippen MR) is 137 cm³/mol. The summed E-state index contributed by atoms with van der Waals surface area (Å²) in [6.07, 6.45) is 6.32. The molecule has 0 fully saturated rings. The lowest BCUT2D eigenvalue weighted by Gasteiger charge is -2.24. The van der Waals surface area contributed by atoms with Gasteiger partial charge in [0.15, 0.2) is 23.0 Å². The van der Waals surface area contributed by atoms with Crippen LogP contribution in [0.3, 0.4) is 0 Å². The van der Waals surface area contributed by atoms with Crippen LogP contribution in [0.4, 0.5) is 0 Å². The lowest BCUT2D eigenvalue weighted by molar-refractivity contribution is -0.116. The van der Waals surface area contributed by atoms with E-state index in [9.17, 15) is 9.59 Å². The van der Waals surface area contributed by atoms with Crippen molar-refractivity contribution in [2.75, 3.05) is 41.5 Å². The van der Waals surface area contributed by atoms with Crippen molar-refractivity contribution in [2.45, 2.75) is 13.8 Å². The Hall–Kier alpha value is -3.94. The van der Waals surface area contributed by atoms with Crippen LogP contribution >= 0.6 is 0 Å². The summed E-state index contributed by atoms with van der Waals surface area (Å²) < 4.78 is 21.0. The van der Waals surface area contributed by atoms with E-state index in [1.165, 1.54) is 12.2 Å². The van der Waals surface area contributed by atoms with E-state index in [0.717, 1.165) is 11.1 Å². The van der Waals surface area contributed by atoms with Gasteiger partial charge in [-0.25, -0.2) is 0 Å². The zero-order valence-corrected chi connectivity index (χ0v) is 21.1. The van der Waals surface area contributed by atoms with Crippen LogP contribution in [0.2, 0.25) is 0 Å². The summed E-state index contributed by atoms with van der Waals surface area (Å²) in [6, 6.07) is 10.8. The number of hydrogen-bond donors (Lipinski definition) is 2. The smallest absolute Gasteiger partial charge is 0.244 e. The number of carbonyl (C=O) groups is 2. The molecule has 0 aliphatic carbocycles. The summed E-state index contributed by atoms with van der Waals surface area (Å²) in [4.78, 5) is 24.5. The molecule has 0 aliphatic heterocycles. The molecule has 2 aromatic carbocycles. The van der Waals surface area contributed by atoms with E-state index in [1.54, 1.807) is 64.9 Å². The van der Waals surface area contributed by atoms with Gasteiger partial charge in [0.2, 0.25) is 11.8 Å². The van der Waals surface area contributed by atoms with Crippen LogP contribution in [0.1, 0.15) is 25.0 Å². The highest BCUT2D eigenvalue weighted by molar-refractivity contribution is 5.92. The quantitative estimate of drug-likeness (QED) is 0.448. The molecule has 35 heavy (non-hydrogen) atoms. The van der Waals surface area contributed by atoms with Gasteiger partial charge in [0.05, 0.1) is 28.4 Å². The minimum absolute atomic E-state index is 0.229. The van der Waals surface area contributed by atoms with Crippen LogP contribution in [-0.2, 0) is 9.59 Å². The molecule has 188 valence electrons. The highest BCUT2D eigenvalue weighted by Gasteiger charge is 2.19. The van der Waals surface area contributed by atoms with Gasteiger partial charge in [-0.15, -0.1) is 0 Å². The number of amides is 2. The molecule has 2 rings (SSSR count). The third-order valence-electron chi connectivity index (χ3n) is 5.15. The SMILES string of the molecule is COc1ccc(C=CC(=O)NCC(C)(C)CNC(=O)C=Cc2ccc(OC)c(OC)c2)cc1OC. The maximum absolute atomic E-state index is 12.3. The third kappa shape index (κ3) is 8.73. The molecule has 0 heterocycles. The molecular weight excluding hydrogens is 448 g/mol. The van der Waals surface area contributed by atoms with E-state index in [0.29, 0.717) is 36.1 Å². The third-order valence-corrected chi connectivity index (χ3v) is 5.15. The second kappa shape index (κ2) is 13.1. The Morgan fingerprint density at radius 3 is 1.40 bits per heavy atom. The van der Waals surface area contributed by atoms with Crippen LogP contribution in [0, 0.1) is 5.41 Å². The minimum Gasteiger partial charge on any atom is -0.493 e. The average molecular weight is 483 g/mol. The summed E-state index contributed by atoms with van der Waals surface area (Å²) in [5.41, 5.74) is 1.27. The van der Waals surface area contributed by atoms with E-state index >= 15 is 0 Å². The van der Waals surface area contributed by atoms with Crippen molar-refractivity contribution >= 4 is 24.0 Å². The van der Waals surface area contributed by atoms with E-state index < -0.39 is 0 Å². The van der Waals surface area contributed by atoms with E-state index in [1.807, 2.05) is 26.0 Å². The van der Waals surface area contributed by atoms with Crippen molar-refractivity contribution in [1.29, 1.82) is 0 Å². The van der Waals surface area contributed by atoms with Crippen molar-refractivity contribution < 1.29 is 28.5 Å². The number of benzene rings is 2. The lowest BCUT2D eigenvalue weighted by Crippen LogP contribution is -2.41. The Morgan fingerprint density at radius 1 is 0.686 bits per heavy atom. The summed E-state index contributed by atoms with van der Waals surface area (Å²) >= 11 is 0. The molecule has 0 spiro atoms. The first kappa shape index (κ1) is 27.3. The first-order valence-electron chi connectivity index (χ1n) is 11.1. The van der Waals surface area contributed by atoms with Crippen LogP contribution in [0.5, 0.6) is 23.0 Å². The Labute approximate surface area is 206 Å². The van der Waals surface area contributed by atoms with Crippen LogP contribution in [-0.4, -0.2) is 53.3 Å². The molecule has 0 aliphatic rings. The predicted octanol–water partition coefficient (Wildman–Crippen LogP) is 3.71. The van der Waals surface area contributed by atoms with Crippen molar-refractivity contribution in [3.05, 3.63) is 59.7 Å². The fraction of sp³-hybridized carbons (Fsp3) is 0.333. The van der Waals surface area contributed by atoms with Gasteiger partial charge in [0.1, 0.15) is 0 Å². The Kier molecular flexibility index (Phi) is 10.2. The fourth-order valence-corrected chi connectivity index (χ4v) is 3.09. The molecule has 0 atom stereocenters. The summed E-state index contributed by atoms with van der Waals surface area (Å²) in [5, 5.41) is 5.75. The Balaban J connectivity index is 1.83. The molecule has 8 nitrogen and oxygen atoms in total. The van der Waals surface area contributed by atoms with Gasteiger partial charge in [-0.1, -0.05) is 26.0 Å². The number of nitrogens with one attached hydrogen (secondary N) is 2. The molecule has 0 unspecified atom stereocenters. The first-order valence-corrected chi connectivity index (χ1v) is 11.1. The molecule has 0 radical (unpaired) electrons. The van der Waals surface area contributed by atoms with Crippen LogP contribution < -0.4 is 29.6 Å². The number of ether oxygens (including phenoxy) is 4. The average Bonchev–Trinajstić information content (AvgIpc) is 2.87. The van der Waals surface area contributed by atoms with Gasteiger partial charge < -0.3 is 29.6 Å². The van der Waals surface area contributed by atoms with Gasteiger partial charge in [-0.2, -0.15) is 0 Å². The van der Waals surface area contributed by atoms with Gasteiger partial charge in [-0.05, 0) is 53.0 Å². The second-order valence-corrected chi connectivity index (χ2v) is 8.50. The van der Waals surface area contributed by atoms with Gasteiger partial charge in [0, 0.05) is 25.2 Å². The van der Waals surface area contributed by atoms with Crippen molar-refractivity contribution in [3.8, 4) is 23.0 Å². The van der Waals surface area contributed by atoms with E-state index in [2.05, 4.69) is 10.6 Å². The van der Waals surface area contributed by atoms with Crippen molar-refractivity contribution in [2.24, 2.45) is 5.41 Å². The molecule has 2 N–H and O–H groups in total. The zero-order chi connectivity index (χ0) is 25.8. The highest BCUT2D eigenvalue weighted by atomic mass is 16.5. The number of hydrogen-bond acceptors (Lipinski definition) is 6. The second-order valence-electron chi connectivity index (χ2n) is 8.50. The minimum atomic E-state index is -0.348. The van der Waals surface area contributed by atoms with E-state index in [-0.39, 0.29) is 17.2 Å². The summed E-state index contributed by atoms with van der Waals surface area (Å²) in [7, 11) is 6.26.